The summed E-state index contributed by atoms with van der Waals surface area (Å²) in [6, 6.07) is 9.23. The third-order valence-corrected chi connectivity index (χ3v) is 3.32. The second kappa shape index (κ2) is 5.01. The lowest BCUT2D eigenvalue weighted by atomic mass is 10.1. The van der Waals surface area contributed by atoms with E-state index in [4.69, 9.17) is 5.11 Å². The standard InChI is InChI=1S/C13H11NO2S/c1-9-2-3-11(8-12(9)13(15)16)17-10-4-6-14-7-5-10/h2-8H,1H3,(H,15,16). The highest BCUT2D eigenvalue weighted by molar-refractivity contribution is 7.99. The van der Waals surface area contributed by atoms with Crippen molar-refractivity contribution < 1.29 is 9.90 Å². The molecule has 0 aliphatic heterocycles. The van der Waals surface area contributed by atoms with Gasteiger partial charge in [0.25, 0.3) is 0 Å². The Balaban J connectivity index is 2.29. The normalized spacial score (nSPS) is 10.2. The summed E-state index contributed by atoms with van der Waals surface area (Å²) in [4.78, 5) is 16.9. The van der Waals surface area contributed by atoms with Crippen molar-refractivity contribution in [3.8, 4) is 0 Å². The molecular weight excluding hydrogens is 234 g/mol. The first kappa shape index (κ1) is 11.7. The van der Waals surface area contributed by atoms with Gasteiger partial charge in [0.1, 0.15) is 0 Å². The summed E-state index contributed by atoms with van der Waals surface area (Å²) in [6.07, 6.45) is 3.43. The molecule has 3 nitrogen and oxygen atoms in total. The molecule has 17 heavy (non-hydrogen) atoms. The SMILES string of the molecule is Cc1ccc(Sc2ccncc2)cc1C(=O)O. The highest BCUT2D eigenvalue weighted by Gasteiger charge is 2.08. The van der Waals surface area contributed by atoms with Crippen LogP contribution in [0.25, 0.3) is 0 Å². The molecule has 1 heterocycles. The van der Waals surface area contributed by atoms with E-state index in [1.54, 1.807) is 25.4 Å². The Bertz CT molecular complexity index is 540. The van der Waals surface area contributed by atoms with Gasteiger partial charge in [-0.3, -0.25) is 4.98 Å². The molecule has 0 aliphatic carbocycles. The summed E-state index contributed by atoms with van der Waals surface area (Å²) in [7, 11) is 0. The first-order valence-corrected chi connectivity index (χ1v) is 5.90. The summed E-state index contributed by atoms with van der Waals surface area (Å²) < 4.78 is 0. The van der Waals surface area contributed by atoms with Crippen LogP contribution in [0.4, 0.5) is 0 Å². The van der Waals surface area contributed by atoms with Crippen molar-refractivity contribution in [3.05, 3.63) is 53.9 Å². The molecular formula is C13H11NO2S. The van der Waals surface area contributed by atoms with Gasteiger partial charge in [-0.05, 0) is 36.8 Å². The second-order valence-corrected chi connectivity index (χ2v) is 4.71. The number of carbonyl (C=O) groups is 1. The molecule has 0 fully saturated rings. The maximum Gasteiger partial charge on any atom is 0.335 e. The van der Waals surface area contributed by atoms with Crippen LogP contribution < -0.4 is 0 Å². The average Bonchev–Trinajstić information content (AvgIpc) is 2.32. The topological polar surface area (TPSA) is 50.2 Å². The van der Waals surface area contributed by atoms with Crippen LogP contribution >= 0.6 is 11.8 Å². The Morgan fingerprint density at radius 1 is 1.18 bits per heavy atom. The predicted octanol–water partition coefficient (Wildman–Crippen LogP) is 3.24. The minimum Gasteiger partial charge on any atom is -0.478 e. The van der Waals surface area contributed by atoms with Gasteiger partial charge in [-0.1, -0.05) is 17.8 Å². The molecule has 2 aromatic rings. The summed E-state index contributed by atoms with van der Waals surface area (Å²) in [5.74, 6) is -0.889. The van der Waals surface area contributed by atoms with E-state index in [1.165, 1.54) is 11.8 Å². The van der Waals surface area contributed by atoms with Crippen molar-refractivity contribution in [2.24, 2.45) is 0 Å². The molecule has 1 aromatic heterocycles. The van der Waals surface area contributed by atoms with Crippen LogP contribution in [-0.4, -0.2) is 16.1 Å². The van der Waals surface area contributed by atoms with E-state index in [9.17, 15) is 4.79 Å². The Kier molecular flexibility index (Phi) is 3.44. The van der Waals surface area contributed by atoms with Gasteiger partial charge in [0.15, 0.2) is 0 Å². The lowest BCUT2D eigenvalue weighted by Gasteiger charge is -2.05. The van der Waals surface area contributed by atoms with Gasteiger partial charge < -0.3 is 5.11 Å². The van der Waals surface area contributed by atoms with Gasteiger partial charge in [-0.2, -0.15) is 0 Å². The molecule has 0 unspecified atom stereocenters. The zero-order valence-electron chi connectivity index (χ0n) is 9.25. The number of carboxylic acid groups (broad SMARTS) is 1. The van der Waals surface area contributed by atoms with Gasteiger partial charge in [0.05, 0.1) is 5.56 Å². The predicted molar refractivity (Wildman–Crippen MR) is 66.5 cm³/mol. The van der Waals surface area contributed by atoms with Crippen LogP contribution in [0.5, 0.6) is 0 Å². The first-order chi connectivity index (χ1) is 8.16. The Hall–Kier alpha value is -1.81. The quantitative estimate of drug-likeness (QED) is 0.901. The van der Waals surface area contributed by atoms with Gasteiger partial charge in [0, 0.05) is 22.2 Å². The molecule has 0 amide bonds. The molecule has 0 saturated heterocycles. The zero-order chi connectivity index (χ0) is 12.3. The average molecular weight is 245 g/mol. The Morgan fingerprint density at radius 2 is 1.88 bits per heavy atom. The number of aromatic nitrogens is 1. The summed E-state index contributed by atoms with van der Waals surface area (Å²) in [5, 5.41) is 9.04. The number of benzene rings is 1. The third kappa shape index (κ3) is 2.85. The maximum absolute atomic E-state index is 11.0. The smallest absolute Gasteiger partial charge is 0.335 e. The number of pyridine rings is 1. The van der Waals surface area contributed by atoms with Crippen molar-refractivity contribution in [3.63, 3.8) is 0 Å². The van der Waals surface area contributed by atoms with E-state index < -0.39 is 5.97 Å². The minimum atomic E-state index is -0.889. The molecule has 86 valence electrons. The molecule has 0 spiro atoms. The monoisotopic (exact) mass is 245 g/mol. The van der Waals surface area contributed by atoms with Crippen LogP contribution in [0.2, 0.25) is 0 Å². The highest BCUT2D eigenvalue weighted by atomic mass is 32.2. The van der Waals surface area contributed by atoms with Crippen molar-refractivity contribution >= 4 is 17.7 Å². The van der Waals surface area contributed by atoms with Gasteiger partial charge in [0.2, 0.25) is 0 Å². The lowest BCUT2D eigenvalue weighted by molar-refractivity contribution is 0.0696. The summed E-state index contributed by atoms with van der Waals surface area (Å²) in [5.41, 5.74) is 1.13. The van der Waals surface area contributed by atoms with Gasteiger partial charge in [-0.25, -0.2) is 4.79 Å². The van der Waals surface area contributed by atoms with Crippen molar-refractivity contribution in [1.82, 2.24) is 4.98 Å². The molecule has 1 aromatic carbocycles. The number of hydrogen-bond donors (Lipinski definition) is 1. The second-order valence-electron chi connectivity index (χ2n) is 3.57. The fourth-order valence-electron chi connectivity index (χ4n) is 1.44. The van der Waals surface area contributed by atoms with Crippen molar-refractivity contribution in [2.45, 2.75) is 16.7 Å². The van der Waals surface area contributed by atoms with Gasteiger partial charge >= 0.3 is 5.97 Å². The molecule has 0 radical (unpaired) electrons. The fraction of sp³-hybridized carbons (Fsp3) is 0.0769. The van der Waals surface area contributed by atoms with E-state index in [1.807, 2.05) is 24.3 Å². The molecule has 2 rings (SSSR count). The van der Waals surface area contributed by atoms with Gasteiger partial charge in [-0.15, -0.1) is 0 Å². The lowest BCUT2D eigenvalue weighted by Crippen LogP contribution is -1.99. The maximum atomic E-state index is 11.0. The highest BCUT2D eigenvalue weighted by Crippen LogP contribution is 2.28. The molecule has 0 atom stereocenters. The minimum absolute atomic E-state index is 0.351. The van der Waals surface area contributed by atoms with Crippen LogP contribution in [-0.2, 0) is 0 Å². The molecule has 0 bridgehead atoms. The van der Waals surface area contributed by atoms with E-state index >= 15 is 0 Å². The van der Waals surface area contributed by atoms with Crippen LogP contribution in [0.15, 0.2) is 52.5 Å². The Morgan fingerprint density at radius 3 is 2.53 bits per heavy atom. The Labute approximate surface area is 104 Å². The van der Waals surface area contributed by atoms with E-state index in [-0.39, 0.29) is 0 Å². The summed E-state index contributed by atoms with van der Waals surface area (Å²) in [6.45, 7) is 1.80. The first-order valence-electron chi connectivity index (χ1n) is 5.08. The zero-order valence-corrected chi connectivity index (χ0v) is 10.1. The molecule has 0 aliphatic rings. The number of aromatic carboxylic acids is 1. The third-order valence-electron chi connectivity index (χ3n) is 2.32. The number of hydrogen-bond acceptors (Lipinski definition) is 3. The number of rotatable bonds is 3. The van der Waals surface area contributed by atoms with E-state index in [2.05, 4.69) is 4.98 Å². The fourth-order valence-corrected chi connectivity index (χ4v) is 2.28. The van der Waals surface area contributed by atoms with Crippen LogP contribution in [0.3, 0.4) is 0 Å². The largest absolute Gasteiger partial charge is 0.478 e. The van der Waals surface area contributed by atoms with Crippen LogP contribution in [0.1, 0.15) is 15.9 Å². The molecule has 0 saturated carbocycles. The summed E-state index contributed by atoms with van der Waals surface area (Å²) >= 11 is 1.52. The number of aryl methyl sites for hydroxylation is 1. The van der Waals surface area contributed by atoms with Crippen LogP contribution in [0, 0.1) is 6.92 Å². The molecule has 4 heteroatoms. The number of nitrogens with zero attached hydrogens (tertiary/aromatic N) is 1. The van der Waals surface area contributed by atoms with E-state index in [0.717, 1.165) is 15.4 Å². The molecule has 1 N–H and O–H groups in total. The number of carboxylic acids is 1. The van der Waals surface area contributed by atoms with Crippen molar-refractivity contribution in [1.29, 1.82) is 0 Å². The van der Waals surface area contributed by atoms with Crippen molar-refractivity contribution in [2.75, 3.05) is 0 Å². The van der Waals surface area contributed by atoms with E-state index in [0.29, 0.717) is 5.56 Å².